The molecular weight excluding hydrogens is 374 g/mol. The Labute approximate surface area is 178 Å². The van der Waals surface area contributed by atoms with E-state index in [9.17, 15) is 4.39 Å². The molecule has 3 aliphatic rings. The Balaban J connectivity index is 1.71. The van der Waals surface area contributed by atoms with Gasteiger partial charge in [0.2, 0.25) is 0 Å². The minimum atomic E-state index is -0.854. The van der Waals surface area contributed by atoms with Gasteiger partial charge in [0.25, 0.3) is 0 Å². The van der Waals surface area contributed by atoms with Crippen LogP contribution in [0.3, 0.4) is 0 Å². The fourth-order valence-electron chi connectivity index (χ4n) is 5.95. The average molecular weight is 400 g/mol. The van der Waals surface area contributed by atoms with E-state index in [1.807, 2.05) is 6.08 Å². The Bertz CT molecular complexity index is 1140. The predicted molar refractivity (Wildman–Crippen MR) is 118 cm³/mol. The normalized spacial score (nSPS) is 27.5. The van der Waals surface area contributed by atoms with Crippen molar-refractivity contribution < 1.29 is 4.39 Å². The van der Waals surface area contributed by atoms with E-state index < -0.39 is 6.08 Å². The standard InChI is InChI=1S/C24H26BFN4/c1-12-13(19-27-20(25)29-21(26)28-19)7-8-18-14-9-16-17(10-15(14)24(12,6)30-18)23(4,5)11-22(16,2)3/h7-10,12,30H,11H2,1-6H3. The fraction of sp³-hybridized carbons (Fsp3) is 0.458. The molecule has 2 unspecified atom stereocenters. The molecule has 2 aromatic rings. The van der Waals surface area contributed by atoms with Crippen molar-refractivity contribution in [1.82, 2.24) is 20.3 Å². The van der Waals surface area contributed by atoms with Gasteiger partial charge in [0.1, 0.15) is 0 Å². The second-order valence-electron chi connectivity index (χ2n) is 10.4. The quantitative estimate of drug-likeness (QED) is 0.743. The van der Waals surface area contributed by atoms with Gasteiger partial charge in [-0.15, -0.1) is 0 Å². The molecule has 1 aromatic carbocycles. The third kappa shape index (κ3) is 2.55. The molecule has 3 heterocycles. The second kappa shape index (κ2) is 5.80. The summed E-state index contributed by atoms with van der Waals surface area (Å²) in [5.74, 6) is 0.286. The number of rotatable bonds is 1. The van der Waals surface area contributed by atoms with Crippen LogP contribution in [0.1, 0.15) is 76.0 Å². The van der Waals surface area contributed by atoms with Crippen molar-refractivity contribution >= 4 is 24.8 Å². The summed E-state index contributed by atoms with van der Waals surface area (Å²) >= 11 is 0. The van der Waals surface area contributed by atoms with Crippen LogP contribution >= 0.6 is 0 Å². The van der Waals surface area contributed by atoms with E-state index in [0.717, 1.165) is 17.7 Å². The van der Waals surface area contributed by atoms with Crippen molar-refractivity contribution in [3.05, 3.63) is 58.4 Å². The first kappa shape index (κ1) is 19.5. The van der Waals surface area contributed by atoms with Gasteiger partial charge in [0.15, 0.2) is 13.7 Å². The van der Waals surface area contributed by atoms with Crippen LogP contribution in [-0.4, -0.2) is 22.8 Å². The Morgan fingerprint density at radius 3 is 2.30 bits per heavy atom. The van der Waals surface area contributed by atoms with Crippen molar-refractivity contribution in [3.63, 3.8) is 0 Å². The molecule has 6 heteroatoms. The van der Waals surface area contributed by atoms with Gasteiger partial charge in [0, 0.05) is 22.8 Å². The molecule has 2 atom stereocenters. The van der Waals surface area contributed by atoms with Crippen LogP contribution in [0.2, 0.25) is 0 Å². The molecule has 0 saturated carbocycles. The van der Waals surface area contributed by atoms with Crippen LogP contribution in [0.15, 0.2) is 24.3 Å². The molecule has 5 rings (SSSR count). The lowest BCUT2D eigenvalue weighted by atomic mass is 9.74. The molecule has 1 aliphatic carbocycles. The summed E-state index contributed by atoms with van der Waals surface area (Å²) in [6, 6.07) is 4.78. The maximum atomic E-state index is 13.8. The van der Waals surface area contributed by atoms with Crippen LogP contribution < -0.4 is 11.0 Å². The highest BCUT2D eigenvalue weighted by atomic mass is 19.1. The Kier molecular flexibility index (Phi) is 3.77. The summed E-state index contributed by atoms with van der Waals surface area (Å²) in [6.07, 6.45) is 4.31. The van der Waals surface area contributed by atoms with E-state index in [-0.39, 0.29) is 28.0 Å². The molecule has 30 heavy (non-hydrogen) atoms. The summed E-state index contributed by atoms with van der Waals surface area (Å²) < 4.78 is 13.8. The first-order chi connectivity index (χ1) is 13.9. The number of allylic oxidation sites excluding steroid dienone is 2. The minimum absolute atomic E-state index is 0.00993. The van der Waals surface area contributed by atoms with Gasteiger partial charge in [-0.2, -0.15) is 14.4 Å². The largest absolute Gasteiger partial charge is 0.375 e. The number of benzene rings is 1. The zero-order valence-corrected chi connectivity index (χ0v) is 18.4. The molecule has 2 bridgehead atoms. The van der Waals surface area contributed by atoms with Crippen molar-refractivity contribution in [2.45, 2.75) is 64.3 Å². The summed E-state index contributed by atoms with van der Waals surface area (Å²) in [6.45, 7) is 13.7. The molecular formula is C24H26BFN4. The zero-order chi connectivity index (χ0) is 21.6. The second-order valence-corrected chi connectivity index (χ2v) is 10.4. The highest BCUT2D eigenvalue weighted by Crippen LogP contribution is 2.55. The Hall–Kier alpha value is -2.50. The lowest BCUT2D eigenvalue weighted by molar-refractivity contribution is 0.357. The van der Waals surface area contributed by atoms with Gasteiger partial charge in [0.05, 0.1) is 11.3 Å². The topological polar surface area (TPSA) is 50.7 Å². The van der Waals surface area contributed by atoms with Gasteiger partial charge in [-0.1, -0.05) is 46.8 Å². The first-order valence-corrected chi connectivity index (χ1v) is 10.5. The van der Waals surface area contributed by atoms with Gasteiger partial charge in [-0.3, -0.25) is 0 Å². The first-order valence-electron chi connectivity index (χ1n) is 10.5. The van der Waals surface area contributed by atoms with E-state index >= 15 is 0 Å². The highest BCUT2D eigenvalue weighted by molar-refractivity contribution is 6.28. The lowest BCUT2D eigenvalue weighted by Gasteiger charge is -2.34. The van der Waals surface area contributed by atoms with Crippen LogP contribution in [-0.2, 0) is 16.4 Å². The molecule has 0 spiro atoms. The molecule has 2 radical (unpaired) electrons. The summed E-state index contributed by atoms with van der Waals surface area (Å²) in [5.41, 5.74) is 7.13. The minimum Gasteiger partial charge on any atom is -0.375 e. The smallest absolute Gasteiger partial charge is 0.311 e. The van der Waals surface area contributed by atoms with E-state index in [2.05, 4.69) is 80.0 Å². The van der Waals surface area contributed by atoms with E-state index in [1.54, 1.807) is 0 Å². The van der Waals surface area contributed by atoms with Crippen LogP contribution in [0, 0.1) is 12.0 Å². The molecule has 2 aliphatic heterocycles. The van der Waals surface area contributed by atoms with E-state index in [4.69, 9.17) is 7.85 Å². The van der Waals surface area contributed by atoms with Gasteiger partial charge in [-0.05, 0) is 53.0 Å². The number of hydrogen-bond donors (Lipinski definition) is 1. The van der Waals surface area contributed by atoms with Crippen molar-refractivity contribution in [2.24, 2.45) is 5.92 Å². The number of aromatic nitrogens is 3. The van der Waals surface area contributed by atoms with E-state index in [0.29, 0.717) is 5.82 Å². The van der Waals surface area contributed by atoms with Crippen LogP contribution in [0.5, 0.6) is 0 Å². The summed E-state index contributed by atoms with van der Waals surface area (Å²) in [5, 5.41) is 3.74. The maximum absolute atomic E-state index is 13.8. The molecule has 1 aromatic heterocycles. The zero-order valence-electron chi connectivity index (χ0n) is 18.4. The number of hydrogen-bond acceptors (Lipinski definition) is 4. The van der Waals surface area contributed by atoms with Gasteiger partial charge >= 0.3 is 6.08 Å². The molecule has 4 nitrogen and oxygen atoms in total. The fourth-order valence-corrected chi connectivity index (χ4v) is 5.95. The highest BCUT2D eigenvalue weighted by Gasteiger charge is 2.48. The Morgan fingerprint density at radius 2 is 1.63 bits per heavy atom. The molecule has 0 saturated heterocycles. The molecule has 0 amide bonds. The predicted octanol–water partition coefficient (Wildman–Crippen LogP) is 3.66. The van der Waals surface area contributed by atoms with Gasteiger partial charge < -0.3 is 5.32 Å². The monoisotopic (exact) mass is 400 g/mol. The van der Waals surface area contributed by atoms with Crippen molar-refractivity contribution in [2.75, 3.05) is 0 Å². The third-order valence-electron chi connectivity index (χ3n) is 7.39. The number of nitrogens with one attached hydrogen (secondary N) is 1. The number of fused-ring (bicyclic) bond motifs is 6. The van der Waals surface area contributed by atoms with E-state index in [1.165, 1.54) is 22.3 Å². The number of nitrogens with zero attached hydrogens (tertiary/aromatic N) is 3. The SMILES string of the molecule is [B]c1nc(F)nc(C2=CC=C3NC(C)(c4cc5c(cc43)C(C)(C)CC5(C)C)C2C)n1. The average Bonchev–Trinajstić information content (AvgIpc) is 2.95. The summed E-state index contributed by atoms with van der Waals surface area (Å²) in [7, 11) is 5.69. The third-order valence-corrected chi connectivity index (χ3v) is 7.39. The lowest BCUT2D eigenvalue weighted by Crippen LogP contribution is -2.40. The van der Waals surface area contributed by atoms with Crippen molar-refractivity contribution in [1.29, 1.82) is 0 Å². The molecule has 152 valence electrons. The number of halogens is 1. The van der Waals surface area contributed by atoms with Gasteiger partial charge in [-0.25, -0.2) is 4.98 Å². The molecule has 0 fully saturated rings. The van der Waals surface area contributed by atoms with Crippen LogP contribution in [0.25, 0.3) is 11.3 Å². The Morgan fingerprint density at radius 1 is 0.967 bits per heavy atom. The van der Waals surface area contributed by atoms with Crippen molar-refractivity contribution in [3.8, 4) is 0 Å². The maximum Gasteiger partial charge on any atom is 0.311 e. The van der Waals surface area contributed by atoms with Crippen LogP contribution in [0.4, 0.5) is 4.39 Å². The molecule has 1 N–H and O–H groups in total. The summed E-state index contributed by atoms with van der Waals surface area (Å²) in [4.78, 5) is 11.6.